The van der Waals surface area contributed by atoms with E-state index in [9.17, 15) is 17.6 Å². The number of aliphatic hydroxyl groups is 1. The molecule has 2 aromatic rings. The van der Waals surface area contributed by atoms with Gasteiger partial charge in [0, 0.05) is 42.3 Å². The number of hydroxylamine groups is 1. The molecule has 164 valence electrons. The zero-order valence-electron chi connectivity index (χ0n) is 17.0. The van der Waals surface area contributed by atoms with Crippen molar-refractivity contribution in [2.24, 2.45) is 5.92 Å². The first-order valence-corrected chi connectivity index (χ1v) is 11.4. The van der Waals surface area contributed by atoms with Crippen molar-refractivity contribution in [3.8, 4) is 23.7 Å². The molecule has 1 aromatic carbocycles. The molecule has 3 rings (SSSR count). The van der Waals surface area contributed by atoms with Gasteiger partial charge in [-0.15, -0.1) is 0 Å². The fraction of sp³-hybridized carbons (Fsp3) is 0.429. The number of aryl methyl sites for hydroxylation is 1. The van der Waals surface area contributed by atoms with Crippen LogP contribution in [0.15, 0.2) is 24.4 Å². The standard InChI is InChI=1S/C21H22FN3O5S/c1-20(19(27)24-28,31(2,29)30)9-10-25-13-16-11-15(6-7-18(16)23-25)5-3-4-8-21(22)12-17(21)14-26/h6-7,11,13,17,26,28H,9-10,12,14H2,1-2H3,(H,24,27)/t17-,20?,21-/m1/s1. The Morgan fingerprint density at radius 1 is 1.45 bits per heavy atom. The number of aliphatic hydroxyl groups excluding tert-OH is 1. The van der Waals surface area contributed by atoms with Crippen LogP contribution in [-0.4, -0.2) is 57.7 Å². The summed E-state index contributed by atoms with van der Waals surface area (Å²) in [5.41, 5.74) is 1.07. The van der Waals surface area contributed by atoms with Gasteiger partial charge in [0.1, 0.15) is 0 Å². The summed E-state index contributed by atoms with van der Waals surface area (Å²) in [6.07, 6.45) is 2.77. The van der Waals surface area contributed by atoms with E-state index >= 15 is 0 Å². The lowest BCUT2D eigenvalue weighted by atomic mass is 10.1. The highest BCUT2D eigenvalue weighted by molar-refractivity contribution is 7.92. The van der Waals surface area contributed by atoms with Crippen LogP contribution in [0.2, 0.25) is 0 Å². The van der Waals surface area contributed by atoms with Crippen molar-refractivity contribution < 1.29 is 27.9 Å². The van der Waals surface area contributed by atoms with Gasteiger partial charge in [-0.3, -0.25) is 14.7 Å². The molecule has 31 heavy (non-hydrogen) atoms. The van der Waals surface area contributed by atoms with E-state index in [1.54, 1.807) is 24.4 Å². The van der Waals surface area contributed by atoms with E-state index in [1.165, 1.54) is 17.1 Å². The molecule has 1 aliphatic carbocycles. The Hall–Kier alpha value is -2.92. The molecule has 8 nitrogen and oxygen atoms in total. The lowest BCUT2D eigenvalue weighted by Gasteiger charge is -2.24. The Kier molecular flexibility index (Phi) is 6.10. The molecular weight excluding hydrogens is 425 g/mol. The molecule has 0 aliphatic heterocycles. The summed E-state index contributed by atoms with van der Waals surface area (Å²) in [4.78, 5) is 11.9. The van der Waals surface area contributed by atoms with Gasteiger partial charge in [-0.25, -0.2) is 18.3 Å². The average molecular weight is 447 g/mol. The van der Waals surface area contributed by atoms with Crippen molar-refractivity contribution in [1.29, 1.82) is 0 Å². The molecule has 1 saturated carbocycles. The summed E-state index contributed by atoms with van der Waals surface area (Å²) >= 11 is 0. The van der Waals surface area contributed by atoms with Gasteiger partial charge < -0.3 is 5.11 Å². The van der Waals surface area contributed by atoms with Gasteiger partial charge in [0.15, 0.2) is 20.3 Å². The van der Waals surface area contributed by atoms with Crippen LogP contribution in [0.3, 0.4) is 0 Å². The predicted molar refractivity (Wildman–Crippen MR) is 111 cm³/mol. The third-order valence-electron chi connectivity index (χ3n) is 5.56. The summed E-state index contributed by atoms with van der Waals surface area (Å²) < 4.78 is 37.7. The van der Waals surface area contributed by atoms with E-state index in [0.29, 0.717) is 11.1 Å². The molecule has 0 bridgehead atoms. The maximum Gasteiger partial charge on any atom is 0.264 e. The maximum atomic E-state index is 13.9. The SMILES string of the molecule is CC(CCn1cc2cc(C#CC#C[C@@]3(F)C[C@@H]3CO)ccc2n1)(C(=O)NO)S(C)(=O)=O. The van der Waals surface area contributed by atoms with Crippen molar-refractivity contribution in [1.82, 2.24) is 15.3 Å². The molecule has 1 heterocycles. The van der Waals surface area contributed by atoms with E-state index < -0.39 is 32.1 Å². The Bertz CT molecular complexity index is 1250. The highest BCUT2D eigenvalue weighted by atomic mass is 32.2. The van der Waals surface area contributed by atoms with Crippen LogP contribution in [0.4, 0.5) is 4.39 Å². The monoisotopic (exact) mass is 447 g/mol. The first-order chi connectivity index (χ1) is 14.5. The van der Waals surface area contributed by atoms with E-state index in [1.807, 2.05) is 0 Å². The van der Waals surface area contributed by atoms with E-state index in [0.717, 1.165) is 11.6 Å². The summed E-state index contributed by atoms with van der Waals surface area (Å²) in [5.74, 6) is 8.92. The number of aromatic nitrogens is 2. The molecule has 0 radical (unpaired) electrons. The first kappa shape index (κ1) is 22.8. The summed E-state index contributed by atoms with van der Waals surface area (Å²) in [5, 5.41) is 22.9. The van der Waals surface area contributed by atoms with Crippen molar-refractivity contribution in [2.45, 2.75) is 36.7 Å². The summed E-state index contributed by atoms with van der Waals surface area (Å²) in [6, 6.07) is 5.23. The van der Waals surface area contributed by atoms with Gasteiger partial charge in [0.05, 0.1) is 12.1 Å². The number of hydrogen-bond acceptors (Lipinski definition) is 6. The van der Waals surface area contributed by atoms with Gasteiger partial charge in [-0.05, 0) is 49.3 Å². The van der Waals surface area contributed by atoms with Crippen LogP contribution in [0.25, 0.3) is 10.9 Å². The summed E-state index contributed by atoms with van der Waals surface area (Å²) in [6.45, 7) is 1.15. The summed E-state index contributed by atoms with van der Waals surface area (Å²) in [7, 11) is -3.79. The van der Waals surface area contributed by atoms with Gasteiger partial charge in [0.2, 0.25) is 0 Å². The first-order valence-electron chi connectivity index (χ1n) is 9.47. The smallest absolute Gasteiger partial charge is 0.264 e. The molecule has 1 unspecified atom stereocenters. The van der Waals surface area contributed by atoms with Gasteiger partial charge >= 0.3 is 0 Å². The minimum Gasteiger partial charge on any atom is -0.396 e. The molecule has 1 fully saturated rings. The zero-order chi connectivity index (χ0) is 22.9. The third kappa shape index (κ3) is 4.72. The second kappa shape index (κ2) is 8.31. The zero-order valence-corrected chi connectivity index (χ0v) is 17.8. The number of nitrogens with one attached hydrogen (secondary N) is 1. The molecule has 1 aromatic heterocycles. The molecule has 3 N–H and O–H groups in total. The minimum atomic E-state index is -3.79. The van der Waals surface area contributed by atoms with Crippen LogP contribution in [0.1, 0.15) is 25.3 Å². The molecule has 1 amide bonds. The largest absolute Gasteiger partial charge is 0.396 e. The molecule has 3 atom stereocenters. The Morgan fingerprint density at radius 2 is 2.19 bits per heavy atom. The number of benzene rings is 1. The van der Waals surface area contributed by atoms with E-state index in [-0.39, 0.29) is 26.0 Å². The highest BCUT2D eigenvalue weighted by Gasteiger charge is 2.54. The van der Waals surface area contributed by atoms with Crippen molar-refractivity contribution >= 4 is 26.6 Å². The molecule has 1 aliphatic rings. The molecular formula is C21H22FN3O5S. The highest BCUT2D eigenvalue weighted by Crippen LogP contribution is 2.46. The average Bonchev–Trinajstić information content (AvgIpc) is 3.20. The number of hydrogen-bond donors (Lipinski definition) is 3. The van der Waals surface area contributed by atoms with Crippen molar-refractivity contribution in [3.05, 3.63) is 30.0 Å². The Morgan fingerprint density at radius 3 is 2.81 bits per heavy atom. The minimum absolute atomic E-state index is 0.0890. The number of halogens is 1. The van der Waals surface area contributed by atoms with Gasteiger partial charge in [-0.1, -0.05) is 5.92 Å². The second-order valence-electron chi connectivity index (χ2n) is 7.81. The third-order valence-corrected chi connectivity index (χ3v) is 7.59. The van der Waals surface area contributed by atoms with Crippen LogP contribution in [-0.2, 0) is 21.2 Å². The quantitative estimate of drug-likeness (QED) is 0.342. The molecule has 0 spiro atoms. The van der Waals surface area contributed by atoms with Gasteiger partial charge in [0.25, 0.3) is 5.91 Å². The topological polar surface area (TPSA) is 122 Å². The number of nitrogens with zero attached hydrogens (tertiary/aromatic N) is 2. The van der Waals surface area contributed by atoms with Crippen molar-refractivity contribution in [3.63, 3.8) is 0 Å². The fourth-order valence-corrected chi connectivity index (χ4v) is 3.93. The normalized spacial score (nSPS) is 21.9. The number of alkyl halides is 1. The molecule has 10 heteroatoms. The number of sulfone groups is 1. The van der Waals surface area contributed by atoms with Crippen molar-refractivity contribution in [2.75, 3.05) is 12.9 Å². The number of carbonyl (C=O) groups excluding carboxylic acids is 1. The van der Waals surface area contributed by atoms with Gasteiger partial charge in [-0.2, -0.15) is 5.10 Å². The number of carbonyl (C=O) groups is 1. The Labute approximate surface area is 179 Å². The fourth-order valence-electron chi connectivity index (χ4n) is 3.08. The lowest BCUT2D eigenvalue weighted by Crippen LogP contribution is -2.49. The van der Waals surface area contributed by atoms with E-state index in [2.05, 4.69) is 28.8 Å². The van der Waals surface area contributed by atoms with Crippen LogP contribution in [0, 0.1) is 29.6 Å². The second-order valence-corrected chi connectivity index (χ2v) is 10.3. The predicted octanol–water partition coefficient (Wildman–Crippen LogP) is 0.811. The van der Waals surface area contributed by atoms with Crippen LogP contribution in [0.5, 0.6) is 0 Å². The molecule has 0 saturated heterocycles. The van der Waals surface area contributed by atoms with Crippen LogP contribution < -0.4 is 5.48 Å². The number of amides is 1. The maximum absolute atomic E-state index is 13.9. The van der Waals surface area contributed by atoms with E-state index in [4.69, 9.17) is 10.3 Å². The Balaban J connectivity index is 1.74. The number of rotatable bonds is 6. The number of fused-ring (bicyclic) bond motifs is 1. The van der Waals surface area contributed by atoms with Crippen LogP contribution >= 0.6 is 0 Å². The lowest BCUT2D eigenvalue weighted by molar-refractivity contribution is -0.131.